The lowest BCUT2D eigenvalue weighted by Crippen LogP contribution is -2.71. The van der Waals surface area contributed by atoms with Crippen LogP contribution in [0.2, 0.25) is 5.02 Å². The first kappa shape index (κ1) is 19.3. The molecule has 3 atom stereocenters. The van der Waals surface area contributed by atoms with Crippen molar-refractivity contribution in [2.75, 3.05) is 5.75 Å². The normalized spacial score (nSPS) is 22.7. The van der Waals surface area contributed by atoms with Crippen LogP contribution in [0.3, 0.4) is 0 Å². The fourth-order valence-electron chi connectivity index (χ4n) is 3.34. The van der Waals surface area contributed by atoms with Crippen LogP contribution in [0.15, 0.2) is 35.5 Å². The van der Waals surface area contributed by atoms with Gasteiger partial charge in [0.25, 0.3) is 5.91 Å². The Kier molecular flexibility index (Phi) is 4.86. The Balaban J connectivity index is 1.49. The zero-order valence-corrected chi connectivity index (χ0v) is 17.0. The molecule has 0 saturated carbocycles. The van der Waals surface area contributed by atoms with Gasteiger partial charge in [0.05, 0.1) is 0 Å². The summed E-state index contributed by atoms with van der Waals surface area (Å²) in [6.07, 6.45) is 0. The number of thioether (sulfide) groups is 1. The van der Waals surface area contributed by atoms with Crippen LogP contribution in [-0.2, 0) is 14.4 Å². The average Bonchev–Trinajstić information content (AvgIpc) is 3.07. The molecule has 1 aromatic heterocycles. The number of nitrogens with two attached hydrogens (primary N) is 1. The minimum Gasteiger partial charge on any atom is -0.477 e. The van der Waals surface area contributed by atoms with Gasteiger partial charge in [0, 0.05) is 20.4 Å². The predicted octanol–water partition coefficient (Wildman–Crippen LogP) is 2.31. The van der Waals surface area contributed by atoms with E-state index in [4.69, 9.17) is 17.3 Å². The first-order valence-corrected chi connectivity index (χ1v) is 10.6. The van der Waals surface area contributed by atoms with Crippen LogP contribution in [0.4, 0.5) is 0 Å². The maximum absolute atomic E-state index is 12.6. The monoisotopic (exact) mass is 437 g/mol. The van der Waals surface area contributed by atoms with Gasteiger partial charge < -0.3 is 16.2 Å². The fourth-order valence-corrected chi connectivity index (χ4v) is 5.85. The summed E-state index contributed by atoms with van der Waals surface area (Å²) < 4.78 is 0.961. The average molecular weight is 438 g/mol. The number of nitrogens with one attached hydrogen (secondary N) is 1. The van der Waals surface area contributed by atoms with E-state index in [0.29, 0.717) is 21.2 Å². The number of aliphatic carboxylic acids is 1. The number of thiophene rings is 1. The number of benzene rings is 1. The van der Waals surface area contributed by atoms with E-state index < -0.39 is 35.2 Å². The van der Waals surface area contributed by atoms with E-state index in [-0.39, 0.29) is 5.70 Å². The molecule has 0 radical (unpaired) electrons. The standard InChI is InChI=1S/C18H16ClN3O4S2/c1-7-6-27-17-13(16(24)22(17)14(7)18(25)26)21-15(23)12(20)11-5-8-4-9(19)2-3-10(8)28-11/h2-5,12-13,17H,6,20H2,1H3,(H,21,23)(H,25,26). The lowest BCUT2D eigenvalue weighted by Gasteiger charge is -2.49. The van der Waals surface area contributed by atoms with Crippen molar-refractivity contribution in [1.82, 2.24) is 10.2 Å². The van der Waals surface area contributed by atoms with Crippen LogP contribution in [-0.4, -0.2) is 45.0 Å². The summed E-state index contributed by atoms with van der Waals surface area (Å²) in [5.41, 5.74) is 6.75. The highest BCUT2D eigenvalue weighted by atomic mass is 35.5. The van der Waals surface area contributed by atoms with E-state index in [0.717, 1.165) is 10.1 Å². The molecule has 7 nitrogen and oxygen atoms in total. The zero-order chi connectivity index (χ0) is 20.2. The topological polar surface area (TPSA) is 113 Å². The molecule has 3 unspecified atom stereocenters. The second kappa shape index (κ2) is 7.07. The number of fused-ring (bicyclic) bond motifs is 2. The Hall–Kier alpha value is -2.07. The van der Waals surface area contributed by atoms with Gasteiger partial charge in [-0.1, -0.05) is 11.6 Å². The molecule has 4 rings (SSSR count). The highest BCUT2D eigenvalue weighted by molar-refractivity contribution is 8.00. The van der Waals surface area contributed by atoms with Crippen molar-refractivity contribution in [3.05, 3.63) is 45.4 Å². The molecular formula is C18H16ClN3O4S2. The third-order valence-corrected chi connectivity index (χ3v) is 7.60. The molecule has 3 heterocycles. The molecular weight excluding hydrogens is 422 g/mol. The quantitative estimate of drug-likeness (QED) is 0.632. The lowest BCUT2D eigenvalue weighted by molar-refractivity contribution is -0.150. The number of rotatable bonds is 4. The van der Waals surface area contributed by atoms with Crippen molar-refractivity contribution < 1.29 is 19.5 Å². The number of carbonyl (C=O) groups is 3. The number of halogens is 1. The minimum atomic E-state index is -1.14. The van der Waals surface area contributed by atoms with E-state index in [2.05, 4.69) is 5.32 Å². The van der Waals surface area contributed by atoms with Gasteiger partial charge in [0.15, 0.2) is 0 Å². The lowest BCUT2D eigenvalue weighted by atomic mass is 10.0. The van der Waals surface area contributed by atoms with Crippen LogP contribution >= 0.6 is 34.7 Å². The first-order chi connectivity index (χ1) is 13.3. The van der Waals surface area contributed by atoms with Crippen molar-refractivity contribution in [2.45, 2.75) is 24.4 Å². The molecule has 0 aliphatic carbocycles. The highest BCUT2D eigenvalue weighted by Gasteiger charge is 2.53. The number of β-lactam (4-membered cyclic amide) rings is 1. The van der Waals surface area contributed by atoms with Crippen LogP contribution in [0.1, 0.15) is 17.8 Å². The van der Waals surface area contributed by atoms with Crippen molar-refractivity contribution >= 4 is 62.6 Å². The van der Waals surface area contributed by atoms with E-state index >= 15 is 0 Å². The molecule has 28 heavy (non-hydrogen) atoms. The van der Waals surface area contributed by atoms with Crippen molar-refractivity contribution in [2.24, 2.45) is 5.73 Å². The molecule has 0 spiro atoms. The van der Waals surface area contributed by atoms with E-state index in [9.17, 15) is 19.5 Å². The van der Waals surface area contributed by atoms with Gasteiger partial charge in [0.1, 0.15) is 23.2 Å². The SMILES string of the molecule is CC1=C(C(=O)O)N2C(=O)C(NC(=O)C(N)c3cc4cc(Cl)ccc4s3)C2SC1. The number of amides is 2. The molecule has 0 bridgehead atoms. The third-order valence-electron chi connectivity index (χ3n) is 4.75. The Morgan fingerprint density at radius 3 is 2.86 bits per heavy atom. The molecule has 2 aliphatic heterocycles. The summed E-state index contributed by atoms with van der Waals surface area (Å²) in [6.45, 7) is 1.69. The Morgan fingerprint density at radius 1 is 1.39 bits per heavy atom. The molecule has 2 aliphatic rings. The molecule has 1 saturated heterocycles. The van der Waals surface area contributed by atoms with Gasteiger partial charge in [0.2, 0.25) is 5.91 Å². The van der Waals surface area contributed by atoms with Crippen molar-refractivity contribution in [1.29, 1.82) is 0 Å². The summed E-state index contributed by atoms with van der Waals surface area (Å²) in [4.78, 5) is 38.5. The van der Waals surface area contributed by atoms with Gasteiger partial charge in [-0.15, -0.1) is 23.1 Å². The Labute approximate surface area is 173 Å². The first-order valence-electron chi connectivity index (χ1n) is 8.40. The largest absolute Gasteiger partial charge is 0.477 e. The maximum Gasteiger partial charge on any atom is 0.352 e. The van der Waals surface area contributed by atoms with Crippen molar-refractivity contribution in [3.63, 3.8) is 0 Å². The maximum atomic E-state index is 12.6. The van der Waals surface area contributed by atoms with E-state index in [1.165, 1.54) is 28.0 Å². The van der Waals surface area contributed by atoms with Gasteiger partial charge in [-0.2, -0.15) is 0 Å². The van der Waals surface area contributed by atoms with Crippen molar-refractivity contribution in [3.8, 4) is 0 Å². The molecule has 1 aromatic carbocycles. The zero-order valence-electron chi connectivity index (χ0n) is 14.6. The summed E-state index contributed by atoms with van der Waals surface area (Å²) >= 11 is 8.81. The van der Waals surface area contributed by atoms with Gasteiger partial charge in [-0.05, 0) is 42.1 Å². The van der Waals surface area contributed by atoms with E-state index in [1.54, 1.807) is 19.1 Å². The van der Waals surface area contributed by atoms with E-state index in [1.807, 2.05) is 12.1 Å². The van der Waals surface area contributed by atoms with Gasteiger partial charge >= 0.3 is 5.97 Å². The number of hydrogen-bond acceptors (Lipinski definition) is 6. The summed E-state index contributed by atoms with van der Waals surface area (Å²) in [5.74, 6) is -1.55. The highest BCUT2D eigenvalue weighted by Crippen LogP contribution is 2.40. The smallest absolute Gasteiger partial charge is 0.352 e. The fraction of sp³-hybridized carbons (Fsp3) is 0.278. The number of carbonyl (C=O) groups excluding carboxylic acids is 2. The summed E-state index contributed by atoms with van der Waals surface area (Å²) in [7, 11) is 0. The number of carboxylic acids is 1. The molecule has 1 fully saturated rings. The third kappa shape index (κ3) is 3.08. The number of carboxylic acid groups (broad SMARTS) is 1. The predicted molar refractivity (Wildman–Crippen MR) is 109 cm³/mol. The Bertz CT molecular complexity index is 1050. The van der Waals surface area contributed by atoms with Crippen LogP contribution in [0.5, 0.6) is 0 Å². The molecule has 4 N–H and O–H groups in total. The van der Waals surface area contributed by atoms with Gasteiger partial charge in [-0.25, -0.2) is 4.79 Å². The molecule has 10 heteroatoms. The minimum absolute atomic E-state index is 0.00457. The van der Waals surface area contributed by atoms with Crippen LogP contribution in [0, 0.1) is 0 Å². The number of nitrogens with zero attached hydrogens (tertiary/aromatic N) is 1. The molecule has 2 amide bonds. The number of hydrogen-bond donors (Lipinski definition) is 3. The Morgan fingerprint density at radius 2 is 2.14 bits per heavy atom. The van der Waals surface area contributed by atoms with Crippen LogP contribution < -0.4 is 11.1 Å². The molecule has 2 aromatic rings. The van der Waals surface area contributed by atoms with Crippen LogP contribution in [0.25, 0.3) is 10.1 Å². The summed E-state index contributed by atoms with van der Waals surface area (Å²) in [5, 5.41) is 13.1. The molecule has 146 valence electrons. The second-order valence-corrected chi connectivity index (χ2v) is 9.30. The van der Waals surface area contributed by atoms with Gasteiger partial charge in [-0.3, -0.25) is 14.5 Å². The summed E-state index contributed by atoms with van der Waals surface area (Å²) in [6, 6.07) is 5.54. The second-order valence-electron chi connectivity index (χ2n) is 6.64.